The number of aryl methyl sites for hydroxylation is 1. The Balaban J connectivity index is 1.49. The normalized spacial score (nSPS) is 14.5. The van der Waals surface area contributed by atoms with Gasteiger partial charge in [0.05, 0.1) is 11.4 Å². The van der Waals surface area contributed by atoms with Gasteiger partial charge in [0.25, 0.3) is 0 Å². The molecule has 8 heteroatoms. The van der Waals surface area contributed by atoms with Crippen molar-refractivity contribution in [1.29, 1.82) is 0 Å². The van der Waals surface area contributed by atoms with Gasteiger partial charge < -0.3 is 15.3 Å². The number of aromatic nitrogens is 2. The number of urea groups is 1. The van der Waals surface area contributed by atoms with E-state index < -0.39 is 6.09 Å². The summed E-state index contributed by atoms with van der Waals surface area (Å²) in [5, 5.41) is 20.0. The van der Waals surface area contributed by atoms with Gasteiger partial charge in [-0.2, -0.15) is 5.10 Å². The molecule has 2 heterocycles. The molecule has 1 aliphatic rings. The number of carbonyl (C=O) groups excluding carboxylic acids is 1. The Morgan fingerprint density at radius 2 is 1.69 bits per heavy atom. The van der Waals surface area contributed by atoms with Crippen LogP contribution in [0.3, 0.4) is 0 Å². The van der Waals surface area contributed by atoms with Crippen molar-refractivity contribution in [2.75, 3.05) is 23.7 Å². The fraction of sp³-hybridized carbons (Fsp3) is 0.393. The van der Waals surface area contributed by atoms with Gasteiger partial charge in [0.2, 0.25) is 0 Å². The van der Waals surface area contributed by atoms with E-state index >= 15 is 0 Å². The van der Waals surface area contributed by atoms with Crippen LogP contribution < -0.4 is 10.6 Å². The van der Waals surface area contributed by atoms with Crippen molar-refractivity contribution in [2.24, 2.45) is 5.92 Å². The third kappa shape index (κ3) is 6.05. The zero-order valence-corrected chi connectivity index (χ0v) is 21.4. The van der Waals surface area contributed by atoms with Gasteiger partial charge in [0.15, 0.2) is 0 Å². The lowest BCUT2D eigenvalue weighted by Gasteiger charge is -2.30. The minimum atomic E-state index is -0.855. The Kier molecular flexibility index (Phi) is 7.33. The molecule has 190 valence electrons. The van der Waals surface area contributed by atoms with Gasteiger partial charge in [-0.3, -0.25) is 5.32 Å². The van der Waals surface area contributed by atoms with Crippen molar-refractivity contribution < 1.29 is 14.7 Å². The lowest BCUT2D eigenvalue weighted by Crippen LogP contribution is -2.37. The largest absolute Gasteiger partial charge is 0.465 e. The molecule has 36 heavy (non-hydrogen) atoms. The maximum atomic E-state index is 13.1. The third-order valence-electron chi connectivity index (χ3n) is 6.66. The molecule has 3 N–H and O–H groups in total. The molecule has 0 aliphatic carbocycles. The lowest BCUT2D eigenvalue weighted by molar-refractivity contribution is 0.124. The molecule has 3 aromatic rings. The molecule has 1 saturated heterocycles. The van der Waals surface area contributed by atoms with E-state index in [9.17, 15) is 14.7 Å². The van der Waals surface area contributed by atoms with Gasteiger partial charge in [0.1, 0.15) is 5.82 Å². The highest BCUT2D eigenvalue weighted by Gasteiger charge is 2.24. The summed E-state index contributed by atoms with van der Waals surface area (Å²) in [4.78, 5) is 25.8. The summed E-state index contributed by atoms with van der Waals surface area (Å²) in [5.74, 6) is 0.976. The molecule has 0 radical (unpaired) electrons. The molecule has 8 nitrogen and oxygen atoms in total. The molecule has 0 atom stereocenters. The summed E-state index contributed by atoms with van der Waals surface area (Å²) in [6.45, 7) is 9.42. The molecule has 1 aromatic heterocycles. The molecule has 0 spiro atoms. The smallest absolute Gasteiger partial charge is 0.407 e. The fourth-order valence-electron chi connectivity index (χ4n) is 4.45. The first-order valence-corrected chi connectivity index (χ1v) is 12.4. The van der Waals surface area contributed by atoms with E-state index in [1.165, 1.54) is 4.90 Å². The highest BCUT2D eigenvalue weighted by atomic mass is 16.4. The number of piperidine rings is 1. The van der Waals surface area contributed by atoms with Crippen LogP contribution in [0.4, 0.5) is 21.1 Å². The van der Waals surface area contributed by atoms with Crippen LogP contribution in [0.5, 0.6) is 0 Å². The van der Waals surface area contributed by atoms with Crippen LogP contribution in [0.2, 0.25) is 0 Å². The first-order valence-electron chi connectivity index (χ1n) is 12.4. The molecular formula is C28H35N5O3. The predicted octanol–water partition coefficient (Wildman–Crippen LogP) is 6.05. The summed E-state index contributed by atoms with van der Waals surface area (Å²) < 4.78 is 1.77. The minimum Gasteiger partial charge on any atom is -0.465 e. The number of carboxylic acid groups (broad SMARTS) is 1. The summed E-state index contributed by atoms with van der Waals surface area (Å²) in [6.07, 6.45) is 1.57. The van der Waals surface area contributed by atoms with Gasteiger partial charge in [-0.25, -0.2) is 14.3 Å². The quantitative estimate of drug-likeness (QED) is 0.406. The third-order valence-corrected chi connectivity index (χ3v) is 6.66. The fourth-order valence-corrected chi connectivity index (χ4v) is 4.45. The van der Waals surface area contributed by atoms with Crippen LogP contribution in [0, 0.1) is 12.8 Å². The Bertz CT molecular complexity index is 1220. The molecule has 1 aliphatic heterocycles. The maximum absolute atomic E-state index is 13.1. The van der Waals surface area contributed by atoms with E-state index in [1.54, 1.807) is 4.68 Å². The van der Waals surface area contributed by atoms with E-state index in [0.717, 1.165) is 47.5 Å². The molecule has 2 aromatic carbocycles. The van der Waals surface area contributed by atoms with Gasteiger partial charge in [-0.05, 0) is 55.9 Å². The van der Waals surface area contributed by atoms with Gasteiger partial charge >= 0.3 is 12.1 Å². The highest BCUT2D eigenvalue weighted by Crippen LogP contribution is 2.28. The summed E-state index contributed by atoms with van der Waals surface area (Å²) in [5.41, 5.74) is 4.54. The van der Waals surface area contributed by atoms with Crippen LogP contribution in [-0.2, 0) is 11.8 Å². The highest BCUT2D eigenvalue weighted by molar-refractivity contribution is 6.00. The number of rotatable bonds is 5. The number of hydrogen-bond acceptors (Lipinski definition) is 3. The summed E-state index contributed by atoms with van der Waals surface area (Å²) in [6, 6.07) is 17.4. The van der Waals surface area contributed by atoms with E-state index in [1.807, 2.05) is 61.5 Å². The minimum absolute atomic E-state index is 0.175. The molecule has 0 saturated carbocycles. The second kappa shape index (κ2) is 10.4. The number of likely N-dealkylation sites (tertiary alicyclic amines) is 1. The van der Waals surface area contributed by atoms with Crippen molar-refractivity contribution in [3.8, 4) is 5.69 Å². The number of benzene rings is 2. The standard InChI is InChI=1S/C28H35N5O3/c1-19-9-11-22(12-10-19)33-25(18-24(31-33)28(2,3)4)30-26(34)29-23-8-6-5-7-21(23)17-20-13-15-32(16-14-20)27(35)36/h5-12,18,20H,13-17H2,1-4H3,(H,35,36)(H2,29,30,34). The SMILES string of the molecule is Cc1ccc(-n2nc(C(C)(C)C)cc2NC(=O)Nc2ccccc2CC2CCN(C(=O)O)CC2)cc1. The number of para-hydroxylation sites is 1. The van der Waals surface area contributed by atoms with Crippen molar-refractivity contribution >= 4 is 23.6 Å². The average Bonchev–Trinajstić information content (AvgIpc) is 3.25. The zero-order chi connectivity index (χ0) is 25.9. The number of nitrogens with one attached hydrogen (secondary N) is 2. The summed E-state index contributed by atoms with van der Waals surface area (Å²) >= 11 is 0. The summed E-state index contributed by atoms with van der Waals surface area (Å²) in [7, 11) is 0. The van der Waals surface area contributed by atoms with Gasteiger partial charge in [0, 0.05) is 30.3 Å². The Morgan fingerprint density at radius 1 is 1.03 bits per heavy atom. The number of hydrogen-bond donors (Lipinski definition) is 3. The molecule has 4 rings (SSSR count). The monoisotopic (exact) mass is 489 g/mol. The molecule has 1 fully saturated rings. The van der Waals surface area contributed by atoms with Crippen LogP contribution in [0.25, 0.3) is 5.69 Å². The van der Waals surface area contributed by atoms with Crippen LogP contribution in [0.1, 0.15) is 50.4 Å². The zero-order valence-electron chi connectivity index (χ0n) is 21.4. The Morgan fingerprint density at radius 3 is 2.33 bits per heavy atom. The molecular weight excluding hydrogens is 454 g/mol. The maximum Gasteiger partial charge on any atom is 0.407 e. The lowest BCUT2D eigenvalue weighted by atomic mass is 9.89. The Hall–Kier alpha value is -3.81. The van der Waals surface area contributed by atoms with Crippen LogP contribution >= 0.6 is 0 Å². The van der Waals surface area contributed by atoms with Crippen LogP contribution in [0.15, 0.2) is 54.6 Å². The van der Waals surface area contributed by atoms with E-state index in [-0.39, 0.29) is 11.4 Å². The van der Waals surface area contributed by atoms with Crippen molar-refractivity contribution in [3.63, 3.8) is 0 Å². The van der Waals surface area contributed by atoms with Crippen molar-refractivity contribution in [3.05, 3.63) is 71.4 Å². The predicted molar refractivity (Wildman–Crippen MR) is 142 cm³/mol. The van der Waals surface area contributed by atoms with Crippen molar-refractivity contribution in [1.82, 2.24) is 14.7 Å². The Labute approximate surface area is 212 Å². The number of nitrogens with zero attached hydrogens (tertiary/aromatic N) is 3. The van der Waals surface area contributed by atoms with Gasteiger partial charge in [-0.15, -0.1) is 0 Å². The van der Waals surface area contributed by atoms with Gasteiger partial charge in [-0.1, -0.05) is 56.7 Å². The van der Waals surface area contributed by atoms with E-state index in [0.29, 0.717) is 24.8 Å². The van der Waals surface area contributed by atoms with E-state index in [4.69, 9.17) is 5.10 Å². The second-order valence-electron chi connectivity index (χ2n) is 10.6. The van der Waals surface area contributed by atoms with Crippen molar-refractivity contribution in [2.45, 2.75) is 52.4 Å². The number of carbonyl (C=O) groups is 2. The molecule has 0 bridgehead atoms. The number of amides is 3. The van der Waals surface area contributed by atoms with Crippen LogP contribution in [-0.4, -0.2) is 45.0 Å². The first kappa shape index (κ1) is 25.3. The average molecular weight is 490 g/mol. The topological polar surface area (TPSA) is 99.5 Å². The second-order valence-corrected chi connectivity index (χ2v) is 10.6. The molecule has 3 amide bonds. The number of anilines is 2. The molecule has 0 unspecified atom stereocenters. The van der Waals surface area contributed by atoms with E-state index in [2.05, 4.69) is 31.4 Å². The first-order chi connectivity index (χ1) is 17.1.